The van der Waals surface area contributed by atoms with Crippen molar-refractivity contribution in [1.29, 1.82) is 0 Å². The van der Waals surface area contributed by atoms with Gasteiger partial charge in [0.15, 0.2) is 6.04 Å². The zero-order valence-electron chi connectivity index (χ0n) is 33.2. The van der Waals surface area contributed by atoms with Gasteiger partial charge in [-0.2, -0.15) is 0 Å². The van der Waals surface area contributed by atoms with Crippen LogP contribution in [0.1, 0.15) is 84.6 Å². The van der Waals surface area contributed by atoms with E-state index in [4.69, 9.17) is 19.2 Å². The van der Waals surface area contributed by atoms with Crippen LogP contribution < -0.4 is 5.32 Å². The molecule has 300 valence electrons. The summed E-state index contributed by atoms with van der Waals surface area (Å²) >= 11 is 14.0. The minimum absolute atomic E-state index is 0.280. The first-order valence-electron chi connectivity index (χ1n) is 18.0. The summed E-state index contributed by atoms with van der Waals surface area (Å²) in [6, 6.07) is 29.9. The summed E-state index contributed by atoms with van der Waals surface area (Å²) in [6.45, 7) is 16.3. The molecule has 0 aromatic heterocycles. The molecule has 4 aromatic carbocycles. The molecular formula is C44H50Br4N2O6. The van der Waals surface area contributed by atoms with Crippen LogP contribution in [0, 0.1) is 0 Å². The Morgan fingerprint density at radius 1 is 0.571 bits per heavy atom. The maximum absolute atomic E-state index is 13.2. The van der Waals surface area contributed by atoms with E-state index in [1.807, 2.05) is 118 Å². The maximum Gasteiger partial charge on any atom is 0.408 e. The SMILES string of the molecule is CC(C)(C)OC(=O)C(Cc1ccc(Br)cc1Br)N=C(c1ccccc1)c1ccccc1.CC(C)(C)OC(=O)NC(Cc1ccc(Br)cc1Br)C(=O)OC(C)(C)C. The van der Waals surface area contributed by atoms with Gasteiger partial charge in [0.05, 0.1) is 5.71 Å². The average Bonchev–Trinajstić information content (AvgIpc) is 3.07. The molecule has 4 rings (SSSR count). The Morgan fingerprint density at radius 2 is 0.982 bits per heavy atom. The van der Waals surface area contributed by atoms with Gasteiger partial charge in [0, 0.05) is 41.9 Å². The molecule has 0 bridgehead atoms. The first kappa shape index (κ1) is 47.1. The number of hydrogen-bond donors (Lipinski definition) is 1. The predicted octanol–water partition coefficient (Wildman–Crippen LogP) is 12.0. The maximum atomic E-state index is 13.2. The second-order valence-corrected chi connectivity index (χ2v) is 19.4. The van der Waals surface area contributed by atoms with E-state index in [2.05, 4.69) is 69.0 Å². The van der Waals surface area contributed by atoms with E-state index in [0.29, 0.717) is 6.42 Å². The Balaban J connectivity index is 0.000000308. The second-order valence-electron chi connectivity index (χ2n) is 15.9. The van der Waals surface area contributed by atoms with Crippen LogP contribution in [-0.4, -0.2) is 52.6 Å². The molecule has 0 aliphatic heterocycles. The van der Waals surface area contributed by atoms with Gasteiger partial charge in [-0.05, 0) is 97.7 Å². The summed E-state index contributed by atoms with van der Waals surface area (Å²) < 4.78 is 20.1. The van der Waals surface area contributed by atoms with Crippen molar-refractivity contribution >= 4 is 87.5 Å². The molecule has 4 aromatic rings. The number of hydrogen-bond acceptors (Lipinski definition) is 7. The number of benzene rings is 4. The highest BCUT2D eigenvalue weighted by atomic mass is 79.9. The van der Waals surface area contributed by atoms with Crippen molar-refractivity contribution < 1.29 is 28.6 Å². The number of amides is 1. The van der Waals surface area contributed by atoms with Crippen molar-refractivity contribution in [3.8, 4) is 0 Å². The molecular weight excluding hydrogens is 972 g/mol. The molecule has 0 aliphatic rings. The minimum Gasteiger partial charge on any atom is -0.458 e. The number of aliphatic imine (C=N–C) groups is 1. The third-order valence-electron chi connectivity index (χ3n) is 7.31. The Bertz CT molecular complexity index is 1930. The number of carbonyl (C=O) groups excluding carboxylic acids is 3. The molecule has 0 spiro atoms. The lowest BCUT2D eigenvalue weighted by Gasteiger charge is -2.26. The van der Waals surface area contributed by atoms with Crippen LogP contribution in [0.5, 0.6) is 0 Å². The van der Waals surface area contributed by atoms with E-state index in [1.54, 1.807) is 41.5 Å². The highest BCUT2D eigenvalue weighted by Crippen LogP contribution is 2.26. The quantitative estimate of drug-likeness (QED) is 0.0964. The molecule has 1 N–H and O–H groups in total. The summed E-state index contributed by atoms with van der Waals surface area (Å²) in [5.74, 6) is -0.847. The Morgan fingerprint density at radius 3 is 1.39 bits per heavy atom. The molecule has 0 aliphatic carbocycles. The lowest BCUT2D eigenvalue weighted by atomic mass is 10.0. The van der Waals surface area contributed by atoms with Gasteiger partial charge in [-0.1, -0.05) is 137 Å². The zero-order chi connectivity index (χ0) is 41.8. The molecule has 56 heavy (non-hydrogen) atoms. The van der Waals surface area contributed by atoms with Crippen LogP contribution in [0.15, 0.2) is 120 Å². The fraction of sp³-hybridized carbons (Fsp3) is 0.364. The third-order valence-corrected chi connectivity index (χ3v) is 9.77. The van der Waals surface area contributed by atoms with Crippen LogP contribution >= 0.6 is 63.7 Å². The van der Waals surface area contributed by atoms with Crippen LogP contribution in [0.2, 0.25) is 0 Å². The number of carbonyl (C=O) groups is 3. The summed E-state index contributed by atoms with van der Waals surface area (Å²) in [5.41, 5.74) is 2.64. The van der Waals surface area contributed by atoms with E-state index in [0.717, 1.165) is 45.9 Å². The monoisotopic (exact) mass is 1020 g/mol. The molecule has 8 nitrogen and oxygen atoms in total. The van der Waals surface area contributed by atoms with E-state index >= 15 is 0 Å². The molecule has 0 radical (unpaired) electrons. The van der Waals surface area contributed by atoms with Gasteiger partial charge in [0.2, 0.25) is 0 Å². The molecule has 12 heteroatoms. The molecule has 0 saturated heterocycles. The van der Waals surface area contributed by atoms with Gasteiger partial charge in [-0.15, -0.1) is 0 Å². The standard InChI is InChI=1S/C26H25Br2NO2.C18H25Br2NO4/c1-26(2,3)31-25(30)23(16-20-14-15-21(27)17-22(20)28)29-24(18-10-6-4-7-11-18)19-12-8-5-9-13-19;1-17(2,3)24-15(22)14(21-16(23)25-18(4,5)6)9-11-7-8-12(19)10-13(11)20/h4-15,17,23H,16H2,1-3H3;7-8,10,14H,9H2,1-6H3,(H,21,23). The molecule has 2 unspecified atom stereocenters. The van der Waals surface area contributed by atoms with Crippen molar-refractivity contribution in [2.75, 3.05) is 0 Å². The highest BCUT2D eigenvalue weighted by Gasteiger charge is 2.30. The van der Waals surface area contributed by atoms with Gasteiger partial charge in [-0.3, -0.25) is 4.99 Å². The summed E-state index contributed by atoms with van der Waals surface area (Å²) in [5, 5.41) is 2.62. The largest absolute Gasteiger partial charge is 0.458 e. The number of esters is 2. The smallest absolute Gasteiger partial charge is 0.408 e. The minimum atomic E-state index is -0.855. The Labute approximate surface area is 365 Å². The van der Waals surface area contributed by atoms with Crippen molar-refractivity contribution in [3.63, 3.8) is 0 Å². The number of halogens is 4. The van der Waals surface area contributed by atoms with Crippen LogP contribution in [0.3, 0.4) is 0 Å². The highest BCUT2D eigenvalue weighted by molar-refractivity contribution is 9.11. The van der Waals surface area contributed by atoms with Crippen LogP contribution in [0.25, 0.3) is 0 Å². The molecule has 2 atom stereocenters. The zero-order valence-corrected chi connectivity index (χ0v) is 39.6. The summed E-state index contributed by atoms with van der Waals surface area (Å²) in [6.07, 6.45) is 0.0464. The lowest BCUT2D eigenvalue weighted by Crippen LogP contribution is -2.47. The van der Waals surface area contributed by atoms with Crippen molar-refractivity contribution in [2.24, 2.45) is 4.99 Å². The van der Waals surface area contributed by atoms with Gasteiger partial charge in [0.1, 0.15) is 22.8 Å². The molecule has 0 fully saturated rings. The number of alkyl carbamates (subject to hydrolysis) is 1. The lowest BCUT2D eigenvalue weighted by molar-refractivity contribution is -0.158. The fourth-order valence-electron chi connectivity index (χ4n) is 5.03. The first-order chi connectivity index (χ1) is 26.0. The normalized spacial score (nSPS) is 12.6. The Hall–Kier alpha value is -3.32. The number of rotatable bonds is 10. The van der Waals surface area contributed by atoms with E-state index in [1.165, 1.54) is 0 Å². The van der Waals surface area contributed by atoms with Gasteiger partial charge < -0.3 is 19.5 Å². The first-order valence-corrected chi connectivity index (χ1v) is 21.2. The predicted molar refractivity (Wildman–Crippen MR) is 238 cm³/mol. The van der Waals surface area contributed by atoms with Gasteiger partial charge in [-0.25, -0.2) is 14.4 Å². The van der Waals surface area contributed by atoms with Crippen molar-refractivity contribution in [1.82, 2.24) is 5.32 Å². The second kappa shape index (κ2) is 20.9. The van der Waals surface area contributed by atoms with E-state index in [9.17, 15) is 14.4 Å². The summed E-state index contributed by atoms with van der Waals surface area (Å²) in [7, 11) is 0. The van der Waals surface area contributed by atoms with Gasteiger partial charge in [0.25, 0.3) is 0 Å². The number of nitrogens with one attached hydrogen (secondary N) is 1. The summed E-state index contributed by atoms with van der Waals surface area (Å²) in [4.78, 5) is 42.8. The number of nitrogens with zero attached hydrogens (tertiary/aromatic N) is 1. The molecule has 0 saturated carbocycles. The third kappa shape index (κ3) is 17.0. The van der Waals surface area contributed by atoms with E-state index < -0.39 is 40.9 Å². The molecule has 0 heterocycles. The van der Waals surface area contributed by atoms with Crippen LogP contribution in [-0.2, 0) is 36.6 Å². The topological polar surface area (TPSA) is 103 Å². The average molecular weight is 1020 g/mol. The Kier molecular flexibility index (Phi) is 17.6. The van der Waals surface area contributed by atoms with Gasteiger partial charge >= 0.3 is 18.0 Å². The van der Waals surface area contributed by atoms with E-state index in [-0.39, 0.29) is 12.4 Å². The van der Waals surface area contributed by atoms with Crippen molar-refractivity contribution in [3.05, 3.63) is 137 Å². The molecule has 1 amide bonds. The fourth-order valence-corrected chi connectivity index (χ4v) is 7.45. The van der Waals surface area contributed by atoms with Crippen LogP contribution in [0.4, 0.5) is 4.79 Å². The number of ether oxygens (including phenoxy) is 3. The van der Waals surface area contributed by atoms with Crippen molar-refractivity contribution in [2.45, 2.75) is 104 Å².